The van der Waals surface area contributed by atoms with Gasteiger partial charge in [0.2, 0.25) is 0 Å². The normalized spacial score (nSPS) is 20.9. The fraction of sp³-hybridized carbons (Fsp3) is 0.467. The molecule has 1 fully saturated rings. The third-order valence-corrected chi connectivity index (χ3v) is 3.77. The lowest BCUT2D eigenvalue weighted by molar-refractivity contribution is -0.141. The highest BCUT2D eigenvalue weighted by molar-refractivity contribution is 5.97. The first-order valence-corrected chi connectivity index (χ1v) is 6.80. The zero-order chi connectivity index (χ0) is 15.4. The molecular weight excluding hydrogens is 274 g/mol. The number of benzene rings is 1. The van der Waals surface area contributed by atoms with Crippen molar-refractivity contribution in [2.24, 2.45) is 5.92 Å². The number of ether oxygens (including phenoxy) is 2. The van der Waals surface area contributed by atoms with Gasteiger partial charge in [-0.15, -0.1) is 0 Å². The van der Waals surface area contributed by atoms with Crippen LogP contribution < -0.4 is 14.8 Å². The second-order valence-electron chi connectivity index (χ2n) is 5.08. The van der Waals surface area contributed by atoms with Crippen molar-refractivity contribution >= 4 is 11.9 Å². The van der Waals surface area contributed by atoms with Crippen LogP contribution in [0.2, 0.25) is 0 Å². The van der Waals surface area contributed by atoms with Crippen molar-refractivity contribution in [2.45, 2.75) is 25.3 Å². The number of hydrogen-bond donors (Lipinski definition) is 2. The summed E-state index contributed by atoms with van der Waals surface area (Å²) >= 11 is 0. The second-order valence-corrected chi connectivity index (χ2v) is 5.08. The molecule has 2 rings (SSSR count). The van der Waals surface area contributed by atoms with Crippen molar-refractivity contribution in [3.63, 3.8) is 0 Å². The zero-order valence-electron chi connectivity index (χ0n) is 12.1. The standard InChI is InChI=1S/C15H19NO5/c1-20-11-5-6-12(13(8-11)21-2)14(17)16-10-4-3-9(7-10)15(18)19/h5-6,8-10H,3-4,7H2,1-2H3,(H,16,17)(H,18,19)/t9-,10+/m1/s1. The Labute approximate surface area is 123 Å². The molecule has 6 heteroatoms. The van der Waals surface area contributed by atoms with Crippen molar-refractivity contribution in [1.82, 2.24) is 5.32 Å². The molecule has 21 heavy (non-hydrogen) atoms. The van der Waals surface area contributed by atoms with Crippen LogP contribution in [0.3, 0.4) is 0 Å². The van der Waals surface area contributed by atoms with E-state index in [0.29, 0.717) is 36.3 Å². The highest BCUT2D eigenvalue weighted by Crippen LogP contribution is 2.28. The molecule has 0 unspecified atom stereocenters. The van der Waals surface area contributed by atoms with Crippen LogP contribution in [0.4, 0.5) is 0 Å². The van der Waals surface area contributed by atoms with Crippen LogP contribution in [0, 0.1) is 5.92 Å². The van der Waals surface area contributed by atoms with E-state index >= 15 is 0 Å². The van der Waals surface area contributed by atoms with Gasteiger partial charge in [-0.3, -0.25) is 9.59 Å². The van der Waals surface area contributed by atoms with Gasteiger partial charge in [0, 0.05) is 12.1 Å². The average Bonchev–Trinajstić information content (AvgIpc) is 2.95. The summed E-state index contributed by atoms with van der Waals surface area (Å²) in [5.41, 5.74) is 0.414. The Bertz CT molecular complexity index is 543. The fourth-order valence-corrected chi connectivity index (χ4v) is 2.59. The second kappa shape index (κ2) is 6.47. The van der Waals surface area contributed by atoms with Crippen LogP contribution in [-0.2, 0) is 4.79 Å². The Morgan fingerprint density at radius 3 is 2.57 bits per heavy atom. The molecule has 0 bridgehead atoms. The van der Waals surface area contributed by atoms with Gasteiger partial charge in [-0.25, -0.2) is 0 Å². The molecule has 0 heterocycles. The van der Waals surface area contributed by atoms with Crippen LogP contribution >= 0.6 is 0 Å². The zero-order valence-corrected chi connectivity index (χ0v) is 12.1. The summed E-state index contributed by atoms with van der Waals surface area (Å²) in [6.45, 7) is 0. The number of aliphatic carboxylic acids is 1. The summed E-state index contributed by atoms with van der Waals surface area (Å²) in [5, 5.41) is 11.8. The molecule has 2 N–H and O–H groups in total. The summed E-state index contributed by atoms with van der Waals surface area (Å²) in [5.74, 6) is -0.387. The maximum atomic E-state index is 12.3. The molecule has 0 aromatic heterocycles. The molecule has 1 aromatic carbocycles. The first-order valence-electron chi connectivity index (χ1n) is 6.80. The largest absolute Gasteiger partial charge is 0.497 e. The van der Waals surface area contributed by atoms with E-state index in [2.05, 4.69) is 5.32 Å². The van der Waals surface area contributed by atoms with Gasteiger partial charge in [0.05, 0.1) is 25.7 Å². The highest BCUT2D eigenvalue weighted by atomic mass is 16.5. The summed E-state index contributed by atoms with van der Waals surface area (Å²) < 4.78 is 10.3. The van der Waals surface area contributed by atoms with Gasteiger partial charge < -0.3 is 19.9 Å². The van der Waals surface area contributed by atoms with E-state index in [4.69, 9.17) is 14.6 Å². The SMILES string of the molecule is COc1ccc(C(=O)N[C@H]2CC[C@@H](C(=O)O)C2)c(OC)c1. The molecule has 1 aliphatic carbocycles. The van der Waals surface area contributed by atoms with Gasteiger partial charge in [0.25, 0.3) is 5.91 Å². The van der Waals surface area contributed by atoms with E-state index in [-0.39, 0.29) is 17.9 Å². The number of amides is 1. The van der Waals surface area contributed by atoms with Gasteiger partial charge in [-0.2, -0.15) is 0 Å². The Morgan fingerprint density at radius 2 is 2.00 bits per heavy atom. The topological polar surface area (TPSA) is 84.9 Å². The number of carboxylic acid groups (broad SMARTS) is 1. The van der Waals surface area contributed by atoms with E-state index in [9.17, 15) is 9.59 Å². The number of methoxy groups -OCH3 is 2. The minimum Gasteiger partial charge on any atom is -0.497 e. The van der Waals surface area contributed by atoms with Gasteiger partial charge >= 0.3 is 5.97 Å². The highest BCUT2D eigenvalue weighted by Gasteiger charge is 2.31. The maximum Gasteiger partial charge on any atom is 0.306 e. The van der Waals surface area contributed by atoms with Crippen molar-refractivity contribution in [3.05, 3.63) is 23.8 Å². The predicted octanol–water partition coefficient (Wildman–Crippen LogP) is 1.69. The number of carbonyl (C=O) groups is 2. The molecule has 0 spiro atoms. The van der Waals surface area contributed by atoms with Crippen molar-refractivity contribution in [1.29, 1.82) is 0 Å². The molecule has 1 aromatic rings. The lowest BCUT2D eigenvalue weighted by Crippen LogP contribution is -2.33. The summed E-state index contributed by atoms with van der Waals surface area (Å²) in [4.78, 5) is 23.2. The Hall–Kier alpha value is -2.24. The number of carboxylic acids is 1. The molecule has 0 saturated heterocycles. The van der Waals surface area contributed by atoms with Crippen LogP contribution in [0.15, 0.2) is 18.2 Å². The Kier molecular flexibility index (Phi) is 4.67. The monoisotopic (exact) mass is 293 g/mol. The molecule has 1 saturated carbocycles. The lowest BCUT2D eigenvalue weighted by Gasteiger charge is -2.15. The number of rotatable bonds is 5. The van der Waals surface area contributed by atoms with Crippen LogP contribution in [-0.4, -0.2) is 37.2 Å². The minimum absolute atomic E-state index is 0.106. The Balaban J connectivity index is 2.05. The van der Waals surface area contributed by atoms with Crippen LogP contribution in [0.1, 0.15) is 29.6 Å². The van der Waals surface area contributed by atoms with E-state index in [1.54, 1.807) is 25.3 Å². The van der Waals surface area contributed by atoms with Gasteiger partial charge in [-0.1, -0.05) is 0 Å². The molecule has 114 valence electrons. The molecular formula is C15H19NO5. The van der Waals surface area contributed by atoms with Crippen molar-refractivity contribution in [2.75, 3.05) is 14.2 Å². The van der Waals surface area contributed by atoms with Crippen molar-refractivity contribution in [3.8, 4) is 11.5 Å². The molecule has 0 radical (unpaired) electrons. The quantitative estimate of drug-likeness (QED) is 0.863. The lowest BCUT2D eigenvalue weighted by atomic mass is 10.1. The van der Waals surface area contributed by atoms with Crippen LogP contribution in [0.5, 0.6) is 11.5 Å². The van der Waals surface area contributed by atoms with Gasteiger partial charge in [0.1, 0.15) is 11.5 Å². The third-order valence-electron chi connectivity index (χ3n) is 3.77. The fourth-order valence-electron chi connectivity index (χ4n) is 2.59. The summed E-state index contributed by atoms with van der Waals surface area (Å²) in [7, 11) is 3.03. The van der Waals surface area contributed by atoms with E-state index in [1.807, 2.05) is 0 Å². The van der Waals surface area contributed by atoms with E-state index in [0.717, 1.165) is 0 Å². The smallest absolute Gasteiger partial charge is 0.306 e. The molecule has 6 nitrogen and oxygen atoms in total. The Morgan fingerprint density at radius 1 is 1.24 bits per heavy atom. The predicted molar refractivity (Wildman–Crippen MR) is 75.8 cm³/mol. The maximum absolute atomic E-state index is 12.3. The molecule has 1 amide bonds. The average molecular weight is 293 g/mol. The number of hydrogen-bond acceptors (Lipinski definition) is 4. The van der Waals surface area contributed by atoms with E-state index in [1.165, 1.54) is 7.11 Å². The van der Waals surface area contributed by atoms with Crippen molar-refractivity contribution < 1.29 is 24.2 Å². The first kappa shape index (κ1) is 15.2. The minimum atomic E-state index is -0.797. The van der Waals surface area contributed by atoms with E-state index < -0.39 is 5.97 Å². The van der Waals surface area contributed by atoms with Gasteiger partial charge in [0.15, 0.2) is 0 Å². The number of carbonyl (C=O) groups excluding carboxylic acids is 1. The molecule has 0 aliphatic heterocycles. The molecule has 1 aliphatic rings. The van der Waals surface area contributed by atoms with Crippen LogP contribution in [0.25, 0.3) is 0 Å². The first-order chi connectivity index (χ1) is 10.0. The molecule has 2 atom stereocenters. The van der Waals surface area contributed by atoms with Gasteiger partial charge in [-0.05, 0) is 31.4 Å². The number of nitrogens with one attached hydrogen (secondary N) is 1. The summed E-state index contributed by atoms with van der Waals surface area (Å²) in [6.07, 6.45) is 1.75. The summed E-state index contributed by atoms with van der Waals surface area (Å²) in [6, 6.07) is 4.86. The third kappa shape index (κ3) is 3.45.